The van der Waals surface area contributed by atoms with Crippen LogP contribution >= 0.6 is 0 Å². The zero-order valence-electron chi connectivity index (χ0n) is 15.7. The van der Waals surface area contributed by atoms with Crippen molar-refractivity contribution in [1.82, 2.24) is 25.5 Å². The largest absolute Gasteiger partial charge is 0.383 e. The summed E-state index contributed by atoms with van der Waals surface area (Å²) in [5, 5.41) is 17.7. The molecule has 2 aliphatic rings. The maximum absolute atomic E-state index is 12.3. The van der Waals surface area contributed by atoms with Crippen LogP contribution in [0.25, 0.3) is 11.4 Å². The van der Waals surface area contributed by atoms with Crippen molar-refractivity contribution in [3.63, 3.8) is 0 Å². The molecule has 4 rings (SSSR count). The van der Waals surface area contributed by atoms with E-state index in [2.05, 4.69) is 36.1 Å². The van der Waals surface area contributed by atoms with Gasteiger partial charge in [0.15, 0.2) is 0 Å². The van der Waals surface area contributed by atoms with Crippen LogP contribution in [0.3, 0.4) is 0 Å². The van der Waals surface area contributed by atoms with Gasteiger partial charge >= 0.3 is 0 Å². The molecule has 148 valence electrons. The van der Waals surface area contributed by atoms with Gasteiger partial charge in [-0.2, -0.15) is 5.10 Å². The molecule has 3 N–H and O–H groups in total. The zero-order chi connectivity index (χ0) is 19.2. The van der Waals surface area contributed by atoms with Gasteiger partial charge in [0.05, 0.1) is 23.5 Å². The summed E-state index contributed by atoms with van der Waals surface area (Å²) in [7, 11) is 0. The van der Waals surface area contributed by atoms with Crippen LogP contribution in [0.1, 0.15) is 19.3 Å². The molecule has 4 heterocycles. The van der Waals surface area contributed by atoms with Crippen molar-refractivity contribution in [2.24, 2.45) is 11.8 Å². The summed E-state index contributed by atoms with van der Waals surface area (Å²) in [6.07, 6.45) is 6.31. The monoisotopic (exact) mass is 383 g/mol. The molecule has 2 aromatic heterocycles. The van der Waals surface area contributed by atoms with Crippen LogP contribution in [-0.2, 0) is 9.53 Å². The number of ether oxygens (including phenoxy) is 1. The van der Waals surface area contributed by atoms with Gasteiger partial charge in [0, 0.05) is 32.5 Å². The van der Waals surface area contributed by atoms with E-state index in [1.165, 1.54) is 0 Å². The molecule has 9 heteroatoms. The van der Waals surface area contributed by atoms with E-state index in [1.807, 2.05) is 6.07 Å². The maximum atomic E-state index is 12.3. The molecule has 2 aromatic rings. The first kappa shape index (κ1) is 18.7. The van der Waals surface area contributed by atoms with Gasteiger partial charge in [-0.05, 0) is 43.9 Å². The molecular formula is C19H25N7O2. The van der Waals surface area contributed by atoms with Crippen LogP contribution in [0, 0.1) is 11.8 Å². The number of rotatable bonds is 6. The second-order valence-corrected chi connectivity index (χ2v) is 7.21. The highest BCUT2D eigenvalue weighted by Gasteiger charge is 2.23. The van der Waals surface area contributed by atoms with Crippen molar-refractivity contribution in [2.45, 2.75) is 19.3 Å². The topological polar surface area (TPSA) is 114 Å². The lowest BCUT2D eigenvalue weighted by Gasteiger charge is -2.22. The predicted octanol–water partition coefficient (Wildman–Crippen LogP) is 1.32. The van der Waals surface area contributed by atoms with Gasteiger partial charge in [-0.15, -0.1) is 5.10 Å². The summed E-state index contributed by atoms with van der Waals surface area (Å²) in [4.78, 5) is 20.9. The Kier molecular flexibility index (Phi) is 6.03. The lowest BCUT2D eigenvalue weighted by Crippen LogP contribution is -2.25. The molecule has 1 atom stereocenters. The number of hydrogen-bond acceptors (Lipinski definition) is 8. The summed E-state index contributed by atoms with van der Waals surface area (Å²) in [5.74, 6) is 0.804. The van der Waals surface area contributed by atoms with Crippen molar-refractivity contribution >= 4 is 17.5 Å². The second-order valence-electron chi connectivity index (χ2n) is 7.21. The van der Waals surface area contributed by atoms with Crippen molar-refractivity contribution < 1.29 is 9.53 Å². The number of hydrogen-bond donors (Lipinski definition) is 3. The minimum absolute atomic E-state index is 0.0373. The molecule has 28 heavy (non-hydrogen) atoms. The van der Waals surface area contributed by atoms with Crippen molar-refractivity contribution in [3.05, 3.63) is 24.5 Å². The molecule has 0 bridgehead atoms. The number of aromatic nitrogens is 4. The highest BCUT2D eigenvalue weighted by atomic mass is 16.5. The van der Waals surface area contributed by atoms with Gasteiger partial charge in [-0.3, -0.25) is 10.1 Å². The Morgan fingerprint density at radius 2 is 2.14 bits per heavy atom. The van der Waals surface area contributed by atoms with Gasteiger partial charge in [-0.1, -0.05) is 0 Å². The molecule has 2 saturated heterocycles. The zero-order valence-corrected chi connectivity index (χ0v) is 15.7. The van der Waals surface area contributed by atoms with Crippen molar-refractivity contribution in [2.75, 3.05) is 43.5 Å². The summed E-state index contributed by atoms with van der Waals surface area (Å²) < 4.78 is 5.40. The Bertz CT molecular complexity index is 804. The molecule has 0 unspecified atom stereocenters. The number of amides is 1. The minimum atomic E-state index is -0.0555. The average molecular weight is 383 g/mol. The molecule has 0 radical (unpaired) electrons. The van der Waals surface area contributed by atoms with E-state index in [0.29, 0.717) is 23.9 Å². The fourth-order valence-electron chi connectivity index (χ4n) is 3.45. The third-order valence-electron chi connectivity index (χ3n) is 5.17. The van der Waals surface area contributed by atoms with E-state index in [4.69, 9.17) is 4.74 Å². The SMILES string of the molecule is O=C(Nc1nccc(-c2cc(NCC3CCOCC3)cnn2)n1)[C@@H]1CCNC1. The first-order chi connectivity index (χ1) is 13.8. The Morgan fingerprint density at radius 3 is 2.96 bits per heavy atom. The summed E-state index contributed by atoms with van der Waals surface area (Å²) in [5.41, 5.74) is 2.16. The third-order valence-corrected chi connectivity index (χ3v) is 5.17. The van der Waals surface area contributed by atoms with Gasteiger partial charge in [0.1, 0.15) is 5.69 Å². The van der Waals surface area contributed by atoms with Gasteiger partial charge in [0.2, 0.25) is 11.9 Å². The van der Waals surface area contributed by atoms with Crippen molar-refractivity contribution in [1.29, 1.82) is 0 Å². The summed E-state index contributed by atoms with van der Waals surface area (Å²) >= 11 is 0. The van der Waals surface area contributed by atoms with Gasteiger partial charge in [-0.25, -0.2) is 9.97 Å². The molecular weight excluding hydrogens is 358 g/mol. The van der Waals surface area contributed by atoms with E-state index in [1.54, 1.807) is 18.5 Å². The first-order valence-corrected chi connectivity index (χ1v) is 9.77. The fourth-order valence-corrected chi connectivity index (χ4v) is 3.45. The molecule has 0 aromatic carbocycles. The Hall–Kier alpha value is -2.65. The standard InChI is InChI=1S/C19H25N7O2/c27-18(14-1-5-20-11-14)25-19-21-6-2-16(24-19)17-9-15(12-23-26-17)22-10-13-3-7-28-8-4-13/h2,6,9,12-14,20H,1,3-5,7-8,10-11H2,(H,22,26)(H,21,24,25,27)/t14-/m1/s1. The first-order valence-electron chi connectivity index (χ1n) is 9.77. The van der Waals surface area contributed by atoms with Crippen LogP contribution in [0.5, 0.6) is 0 Å². The Morgan fingerprint density at radius 1 is 1.25 bits per heavy atom. The van der Waals surface area contributed by atoms with Crippen LogP contribution in [0.2, 0.25) is 0 Å². The fraction of sp³-hybridized carbons (Fsp3) is 0.526. The number of nitrogens with zero attached hydrogens (tertiary/aromatic N) is 4. The maximum Gasteiger partial charge on any atom is 0.231 e. The summed E-state index contributed by atoms with van der Waals surface area (Å²) in [6, 6.07) is 3.68. The van der Waals surface area contributed by atoms with Gasteiger partial charge in [0.25, 0.3) is 0 Å². The molecule has 0 spiro atoms. The average Bonchev–Trinajstić information content (AvgIpc) is 3.29. The quantitative estimate of drug-likeness (QED) is 0.684. The molecule has 2 aliphatic heterocycles. The third kappa shape index (κ3) is 4.79. The minimum Gasteiger partial charge on any atom is -0.383 e. The molecule has 1 amide bonds. The number of carbonyl (C=O) groups is 1. The van der Waals surface area contributed by atoms with E-state index < -0.39 is 0 Å². The molecule has 2 fully saturated rings. The van der Waals surface area contributed by atoms with Crippen molar-refractivity contribution in [3.8, 4) is 11.4 Å². The van der Waals surface area contributed by atoms with Crippen LogP contribution < -0.4 is 16.0 Å². The highest BCUT2D eigenvalue weighted by Crippen LogP contribution is 2.20. The van der Waals surface area contributed by atoms with Crippen LogP contribution in [-0.4, -0.2) is 58.9 Å². The van der Waals surface area contributed by atoms with E-state index in [-0.39, 0.29) is 17.8 Å². The summed E-state index contributed by atoms with van der Waals surface area (Å²) in [6.45, 7) is 4.10. The van der Waals surface area contributed by atoms with Gasteiger partial charge < -0.3 is 15.4 Å². The molecule has 0 aliphatic carbocycles. The van der Waals surface area contributed by atoms with E-state index >= 15 is 0 Å². The number of nitrogens with one attached hydrogen (secondary N) is 3. The lowest BCUT2D eigenvalue weighted by atomic mass is 10.0. The van der Waals surface area contributed by atoms with E-state index in [0.717, 1.165) is 51.3 Å². The van der Waals surface area contributed by atoms with E-state index in [9.17, 15) is 4.79 Å². The second kappa shape index (κ2) is 9.03. The van der Waals surface area contributed by atoms with Crippen LogP contribution in [0.4, 0.5) is 11.6 Å². The Balaban J connectivity index is 1.41. The predicted molar refractivity (Wildman–Crippen MR) is 105 cm³/mol. The number of carbonyl (C=O) groups excluding carboxylic acids is 1. The normalized spacial score (nSPS) is 20.1. The van der Waals surface area contributed by atoms with Crippen LogP contribution in [0.15, 0.2) is 24.5 Å². The highest BCUT2D eigenvalue weighted by molar-refractivity contribution is 5.91. The molecule has 0 saturated carbocycles. The lowest BCUT2D eigenvalue weighted by molar-refractivity contribution is -0.119. The molecule has 9 nitrogen and oxygen atoms in total. The number of anilines is 2. The smallest absolute Gasteiger partial charge is 0.231 e. The Labute approximate surface area is 163 Å².